The van der Waals surface area contributed by atoms with Crippen molar-refractivity contribution >= 4 is 56.2 Å². The van der Waals surface area contributed by atoms with Gasteiger partial charge in [0.2, 0.25) is 0 Å². The third-order valence-electron chi connectivity index (χ3n) is 3.82. The highest BCUT2D eigenvalue weighted by atomic mass is 35.5. The van der Waals surface area contributed by atoms with Crippen molar-refractivity contribution in [2.24, 2.45) is 0 Å². The molecule has 4 rings (SSSR count). The first-order valence-corrected chi connectivity index (χ1v) is 9.84. The van der Waals surface area contributed by atoms with Crippen molar-refractivity contribution in [2.45, 2.75) is 0 Å². The van der Waals surface area contributed by atoms with E-state index < -0.39 is 15.7 Å². The first-order chi connectivity index (χ1) is 14.8. The molecule has 0 amide bonds. The molecule has 0 radical (unpaired) electrons. The van der Waals surface area contributed by atoms with Gasteiger partial charge in [0, 0.05) is 24.3 Å². The number of ether oxygens (including phenoxy) is 1. The zero-order valence-electron chi connectivity index (χ0n) is 15.2. The summed E-state index contributed by atoms with van der Waals surface area (Å²) in [6.45, 7) is 0. The maximum Gasteiger partial charge on any atom is 0.271 e. The first kappa shape index (κ1) is 22.3. The molecule has 0 spiro atoms. The van der Waals surface area contributed by atoms with Crippen LogP contribution in [0.15, 0.2) is 60.8 Å². The van der Waals surface area contributed by atoms with Crippen molar-refractivity contribution in [3.05, 3.63) is 96.9 Å². The molecule has 0 aliphatic carbocycles. The number of nitro groups is 2. The Labute approximate surface area is 187 Å². The highest BCUT2D eigenvalue weighted by molar-refractivity contribution is 7.13. The summed E-state index contributed by atoms with van der Waals surface area (Å²) in [4.78, 5) is 19.6. The van der Waals surface area contributed by atoms with Gasteiger partial charge in [-0.05, 0) is 35.8 Å². The maximum atomic E-state index is 12.4. The van der Waals surface area contributed by atoms with Crippen LogP contribution in [-0.4, -0.2) is 14.2 Å². The van der Waals surface area contributed by atoms with E-state index >= 15 is 0 Å². The van der Waals surface area contributed by atoms with E-state index in [0.29, 0.717) is 11.5 Å². The van der Waals surface area contributed by atoms with Gasteiger partial charge in [-0.25, -0.2) is 4.39 Å². The molecule has 4 aromatic rings. The predicted octanol–water partition coefficient (Wildman–Crippen LogP) is 7.04. The number of hydrogen-bond donors (Lipinski definition) is 0. The molecule has 0 bridgehead atoms. The van der Waals surface area contributed by atoms with Crippen molar-refractivity contribution in [2.75, 3.05) is 0 Å². The average molecular weight is 482 g/mol. The Hall–Kier alpha value is -3.34. The molecule has 0 saturated carbocycles. The summed E-state index contributed by atoms with van der Waals surface area (Å²) < 4.78 is 23.2. The summed E-state index contributed by atoms with van der Waals surface area (Å²) in [7, 11) is 0. The van der Waals surface area contributed by atoms with Crippen LogP contribution in [0.2, 0.25) is 10.0 Å². The van der Waals surface area contributed by atoms with Crippen molar-refractivity contribution in [1.82, 2.24) is 4.37 Å². The number of nitrogens with zero attached hydrogens (tertiary/aromatic N) is 3. The summed E-state index contributed by atoms with van der Waals surface area (Å²) >= 11 is 12.7. The Morgan fingerprint density at radius 2 is 1.55 bits per heavy atom. The number of nitro benzene ring substituents is 2. The number of hydrogen-bond acceptors (Lipinski definition) is 7. The number of fused-ring (bicyclic) bond motifs is 1. The highest BCUT2D eigenvalue weighted by Gasteiger charge is 2.12. The monoisotopic (exact) mass is 481 g/mol. The van der Waals surface area contributed by atoms with E-state index in [-0.39, 0.29) is 21.4 Å². The van der Waals surface area contributed by atoms with E-state index in [2.05, 4.69) is 4.37 Å². The summed E-state index contributed by atoms with van der Waals surface area (Å²) in [6, 6.07) is 12.7. The number of benzene rings is 3. The number of rotatable bonds is 4. The average Bonchev–Trinajstić information content (AvgIpc) is 3.21. The van der Waals surface area contributed by atoms with E-state index in [1.165, 1.54) is 29.7 Å². The van der Waals surface area contributed by atoms with Gasteiger partial charge in [0.05, 0.1) is 36.2 Å². The van der Waals surface area contributed by atoms with Crippen LogP contribution < -0.4 is 4.74 Å². The lowest BCUT2D eigenvalue weighted by Crippen LogP contribution is -1.90. The molecule has 31 heavy (non-hydrogen) atoms. The van der Waals surface area contributed by atoms with E-state index in [1.807, 2.05) is 12.1 Å². The molecule has 12 heteroatoms. The van der Waals surface area contributed by atoms with Crippen molar-refractivity contribution in [3.8, 4) is 11.5 Å². The molecule has 0 unspecified atom stereocenters. The molecule has 0 aliphatic rings. The summed E-state index contributed by atoms with van der Waals surface area (Å²) in [6.07, 6.45) is 1.72. The molecule has 158 valence electrons. The van der Waals surface area contributed by atoms with Gasteiger partial charge in [0.1, 0.15) is 17.3 Å². The van der Waals surface area contributed by atoms with Gasteiger partial charge < -0.3 is 4.74 Å². The summed E-state index contributed by atoms with van der Waals surface area (Å²) in [5.41, 5.74) is -0.283. The third-order valence-corrected chi connectivity index (χ3v) is 5.17. The van der Waals surface area contributed by atoms with Gasteiger partial charge in [-0.3, -0.25) is 20.2 Å². The standard InChI is InChI=1S/C13H7ClN2O3S.C6H3ClFNO2/c14-10-6-8(16(17)18)4-5-12(10)19-11-2-1-3-13-9(11)7-15-20-13;7-5-3-4(9(10)11)1-2-6(5)8/h1-7H;1-3H. The molecule has 0 saturated heterocycles. The molecule has 1 aromatic heterocycles. The van der Waals surface area contributed by atoms with Crippen LogP contribution in [0.5, 0.6) is 11.5 Å². The van der Waals surface area contributed by atoms with Gasteiger partial charge in [-0.1, -0.05) is 29.3 Å². The molecular weight excluding hydrogens is 472 g/mol. The minimum absolute atomic E-state index is 0.0715. The van der Waals surface area contributed by atoms with E-state index in [4.69, 9.17) is 27.9 Å². The summed E-state index contributed by atoms with van der Waals surface area (Å²) in [5, 5.41) is 21.6. The van der Waals surface area contributed by atoms with E-state index in [9.17, 15) is 24.6 Å². The zero-order chi connectivity index (χ0) is 22.5. The topological polar surface area (TPSA) is 108 Å². The molecule has 8 nitrogen and oxygen atoms in total. The maximum absolute atomic E-state index is 12.4. The molecular formula is C19H10Cl2FN3O5S. The largest absolute Gasteiger partial charge is 0.455 e. The normalized spacial score (nSPS) is 10.3. The molecule has 3 aromatic carbocycles. The molecule has 0 fully saturated rings. The van der Waals surface area contributed by atoms with Gasteiger partial charge in [-0.2, -0.15) is 4.37 Å². The quantitative estimate of drug-likeness (QED) is 0.228. The van der Waals surface area contributed by atoms with Gasteiger partial charge in [0.25, 0.3) is 11.4 Å². The molecule has 1 heterocycles. The van der Waals surface area contributed by atoms with Crippen LogP contribution in [0, 0.1) is 26.0 Å². The Balaban J connectivity index is 0.000000210. The molecule has 0 aliphatic heterocycles. The van der Waals surface area contributed by atoms with Crippen LogP contribution in [0.3, 0.4) is 0 Å². The summed E-state index contributed by atoms with van der Waals surface area (Å²) in [5.74, 6) is 0.334. The van der Waals surface area contributed by atoms with Crippen molar-refractivity contribution in [1.29, 1.82) is 0 Å². The highest BCUT2D eigenvalue weighted by Crippen LogP contribution is 2.36. The lowest BCUT2D eigenvalue weighted by atomic mass is 10.2. The van der Waals surface area contributed by atoms with Gasteiger partial charge >= 0.3 is 0 Å². The fourth-order valence-electron chi connectivity index (χ4n) is 2.36. The fourth-order valence-corrected chi connectivity index (χ4v) is 3.41. The molecule has 0 atom stereocenters. The Morgan fingerprint density at radius 1 is 0.903 bits per heavy atom. The number of non-ortho nitro benzene ring substituents is 2. The smallest absolute Gasteiger partial charge is 0.271 e. The Morgan fingerprint density at radius 3 is 2.16 bits per heavy atom. The second-order valence-electron chi connectivity index (χ2n) is 5.82. The fraction of sp³-hybridized carbons (Fsp3) is 0. The first-order valence-electron chi connectivity index (χ1n) is 8.31. The van der Waals surface area contributed by atoms with Crippen LogP contribution in [0.25, 0.3) is 10.1 Å². The lowest BCUT2D eigenvalue weighted by molar-refractivity contribution is -0.385. The van der Waals surface area contributed by atoms with Crippen LogP contribution in [0.1, 0.15) is 0 Å². The van der Waals surface area contributed by atoms with Crippen LogP contribution in [0.4, 0.5) is 15.8 Å². The predicted molar refractivity (Wildman–Crippen MR) is 116 cm³/mol. The number of aromatic nitrogens is 1. The number of halogens is 3. The zero-order valence-corrected chi connectivity index (χ0v) is 17.5. The van der Waals surface area contributed by atoms with Crippen molar-refractivity contribution < 1.29 is 19.0 Å². The van der Waals surface area contributed by atoms with Crippen LogP contribution >= 0.6 is 34.7 Å². The second kappa shape index (κ2) is 9.65. The van der Waals surface area contributed by atoms with E-state index in [1.54, 1.807) is 12.3 Å². The van der Waals surface area contributed by atoms with Crippen LogP contribution in [-0.2, 0) is 0 Å². The molecule has 0 N–H and O–H groups in total. The van der Waals surface area contributed by atoms with Gasteiger partial charge in [0.15, 0.2) is 0 Å². The minimum Gasteiger partial charge on any atom is -0.455 e. The third kappa shape index (κ3) is 5.43. The Bertz CT molecular complexity index is 1280. The lowest BCUT2D eigenvalue weighted by Gasteiger charge is -2.08. The minimum atomic E-state index is -0.655. The van der Waals surface area contributed by atoms with Crippen molar-refractivity contribution in [3.63, 3.8) is 0 Å². The van der Waals surface area contributed by atoms with E-state index in [0.717, 1.165) is 28.3 Å². The van der Waals surface area contributed by atoms with Gasteiger partial charge in [-0.15, -0.1) is 0 Å². The second-order valence-corrected chi connectivity index (χ2v) is 7.47. The Kier molecular flexibility index (Phi) is 6.95. The SMILES string of the molecule is O=[N+]([O-])c1ccc(F)c(Cl)c1.O=[N+]([O-])c1ccc(Oc2cccc3sncc23)c(Cl)c1.